The van der Waals surface area contributed by atoms with Crippen LogP contribution in [0.5, 0.6) is 0 Å². The summed E-state index contributed by atoms with van der Waals surface area (Å²) < 4.78 is 38.4. The normalized spacial score (nSPS) is 11.4. The van der Waals surface area contributed by atoms with Gasteiger partial charge in [-0.25, -0.2) is 4.98 Å². The van der Waals surface area contributed by atoms with Gasteiger partial charge < -0.3 is 5.32 Å². The van der Waals surface area contributed by atoms with E-state index in [2.05, 4.69) is 15.4 Å². The maximum atomic E-state index is 12.4. The highest BCUT2D eigenvalue weighted by molar-refractivity contribution is 5.89. The first-order valence-corrected chi connectivity index (χ1v) is 6.61. The summed E-state index contributed by atoms with van der Waals surface area (Å²) in [6.45, 7) is 2.56. The van der Waals surface area contributed by atoms with Gasteiger partial charge in [-0.3, -0.25) is 19.6 Å². The monoisotopic (exact) mass is 343 g/mol. The number of carbonyl (C=O) groups is 1. The Bertz CT molecular complexity index is 783. The molecule has 8 nitrogen and oxygen atoms in total. The molecule has 1 amide bonds. The lowest BCUT2D eigenvalue weighted by molar-refractivity contribution is -0.386. The van der Waals surface area contributed by atoms with Crippen LogP contribution in [0.4, 0.5) is 24.7 Å². The maximum absolute atomic E-state index is 12.4. The van der Waals surface area contributed by atoms with Gasteiger partial charge in [0.25, 0.3) is 0 Å². The maximum Gasteiger partial charge on any atom is 0.417 e. The van der Waals surface area contributed by atoms with E-state index in [1.807, 2.05) is 0 Å². The van der Waals surface area contributed by atoms with E-state index < -0.39 is 22.6 Å². The largest absolute Gasteiger partial charge is 0.417 e. The smallest absolute Gasteiger partial charge is 0.309 e. The number of nitrogens with one attached hydrogen (secondary N) is 1. The third-order valence-electron chi connectivity index (χ3n) is 3.18. The molecule has 0 atom stereocenters. The highest BCUT2D eigenvalue weighted by atomic mass is 19.4. The molecule has 2 aromatic rings. The van der Waals surface area contributed by atoms with Crippen molar-refractivity contribution in [1.29, 1.82) is 0 Å². The van der Waals surface area contributed by atoms with Crippen LogP contribution in [0, 0.1) is 24.0 Å². The Hall–Kier alpha value is -2.98. The summed E-state index contributed by atoms with van der Waals surface area (Å²) in [5.74, 6) is -0.688. The fourth-order valence-electron chi connectivity index (χ4n) is 2.06. The second-order valence-electron chi connectivity index (χ2n) is 4.91. The Morgan fingerprint density at radius 3 is 2.50 bits per heavy atom. The lowest BCUT2D eigenvalue weighted by Gasteiger charge is -2.08. The van der Waals surface area contributed by atoms with Crippen molar-refractivity contribution >= 4 is 17.4 Å². The van der Waals surface area contributed by atoms with Crippen LogP contribution in [-0.4, -0.2) is 25.6 Å². The number of halogens is 3. The molecule has 2 rings (SSSR count). The predicted molar refractivity (Wildman–Crippen MR) is 76.2 cm³/mol. The topological polar surface area (TPSA) is 103 Å². The van der Waals surface area contributed by atoms with Gasteiger partial charge >= 0.3 is 11.9 Å². The Morgan fingerprint density at radius 1 is 1.38 bits per heavy atom. The quantitative estimate of drug-likeness (QED) is 0.678. The first-order chi connectivity index (χ1) is 11.1. The van der Waals surface area contributed by atoms with Gasteiger partial charge in [-0.2, -0.15) is 18.3 Å². The Morgan fingerprint density at radius 2 is 2.04 bits per heavy atom. The van der Waals surface area contributed by atoms with Crippen LogP contribution in [0.3, 0.4) is 0 Å². The van der Waals surface area contributed by atoms with Gasteiger partial charge in [0.2, 0.25) is 5.91 Å². The van der Waals surface area contributed by atoms with Crippen LogP contribution in [0.1, 0.15) is 17.0 Å². The van der Waals surface area contributed by atoms with Crippen LogP contribution in [0.2, 0.25) is 0 Å². The molecule has 1 N–H and O–H groups in total. The van der Waals surface area contributed by atoms with Gasteiger partial charge in [0.05, 0.1) is 10.5 Å². The van der Waals surface area contributed by atoms with Crippen LogP contribution >= 0.6 is 0 Å². The Labute approximate surface area is 133 Å². The fraction of sp³-hybridized carbons (Fsp3) is 0.308. The molecule has 0 aromatic carbocycles. The molecule has 128 valence electrons. The molecule has 0 bridgehead atoms. The molecule has 0 fully saturated rings. The molecular weight excluding hydrogens is 331 g/mol. The number of aromatic nitrogens is 3. The first-order valence-electron chi connectivity index (χ1n) is 6.61. The molecule has 0 aliphatic carbocycles. The van der Waals surface area contributed by atoms with E-state index in [0.29, 0.717) is 6.20 Å². The van der Waals surface area contributed by atoms with Crippen molar-refractivity contribution in [3.8, 4) is 0 Å². The molecule has 0 spiro atoms. The number of carbonyl (C=O) groups excluding carboxylic acids is 1. The van der Waals surface area contributed by atoms with Gasteiger partial charge in [-0.05, 0) is 26.0 Å². The molecule has 2 heterocycles. The molecule has 0 aliphatic rings. The highest BCUT2D eigenvalue weighted by Gasteiger charge is 2.30. The van der Waals surface area contributed by atoms with Crippen LogP contribution in [0.25, 0.3) is 0 Å². The number of nitrogens with zero attached hydrogens (tertiary/aromatic N) is 4. The molecule has 0 saturated heterocycles. The SMILES string of the molecule is Cc1nn(CC(=O)Nc2ccc(C(F)(F)F)cn2)c(C)c1[N+](=O)[O-]. The van der Waals surface area contributed by atoms with Crippen LogP contribution in [0.15, 0.2) is 18.3 Å². The van der Waals surface area contributed by atoms with E-state index >= 15 is 0 Å². The van der Waals surface area contributed by atoms with Gasteiger partial charge in [0.15, 0.2) is 0 Å². The lowest BCUT2D eigenvalue weighted by Crippen LogP contribution is -2.21. The average Bonchev–Trinajstić information content (AvgIpc) is 2.72. The Kier molecular flexibility index (Phi) is 4.53. The molecule has 0 aliphatic heterocycles. The van der Waals surface area contributed by atoms with Crippen molar-refractivity contribution in [2.24, 2.45) is 0 Å². The third-order valence-corrected chi connectivity index (χ3v) is 3.18. The van der Waals surface area contributed by atoms with Crippen LogP contribution in [-0.2, 0) is 17.5 Å². The number of anilines is 1. The average molecular weight is 343 g/mol. The van der Waals surface area contributed by atoms with Gasteiger partial charge in [-0.15, -0.1) is 0 Å². The number of nitro groups is 1. The second kappa shape index (κ2) is 6.26. The minimum Gasteiger partial charge on any atom is -0.309 e. The third kappa shape index (κ3) is 3.67. The van der Waals surface area contributed by atoms with Crippen LogP contribution < -0.4 is 5.32 Å². The summed E-state index contributed by atoms with van der Waals surface area (Å²) >= 11 is 0. The van der Waals surface area contributed by atoms with E-state index in [1.165, 1.54) is 13.8 Å². The predicted octanol–water partition coefficient (Wildman–Crippen LogP) is 2.46. The van der Waals surface area contributed by atoms with Crippen molar-refractivity contribution in [1.82, 2.24) is 14.8 Å². The minimum absolute atomic E-state index is 0.0657. The Balaban J connectivity index is 2.09. The number of hydrogen-bond acceptors (Lipinski definition) is 5. The molecule has 0 radical (unpaired) electrons. The van der Waals surface area contributed by atoms with Crippen molar-refractivity contribution < 1.29 is 22.9 Å². The molecule has 0 saturated carbocycles. The van der Waals surface area contributed by atoms with Crippen molar-refractivity contribution in [2.75, 3.05) is 5.32 Å². The van der Waals surface area contributed by atoms with Crippen molar-refractivity contribution in [2.45, 2.75) is 26.6 Å². The molecular formula is C13H12F3N5O3. The zero-order valence-electron chi connectivity index (χ0n) is 12.6. The second-order valence-corrected chi connectivity index (χ2v) is 4.91. The fourth-order valence-corrected chi connectivity index (χ4v) is 2.06. The molecule has 11 heteroatoms. The number of hydrogen-bond donors (Lipinski definition) is 1. The molecule has 0 unspecified atom stereocenters. The summed E-state index contributed by atoms with van der Waals surface area (Å²) in [6.07, 6.45) is -3.91. The van der Waals surface area contributed by atoms with Gasteiger partial charge in [0.1, 0.15) is 23.8 Å². The zero-order chi connectivity index (χ0) is 18.1. The first kappa shape index (κ1) is 17.4. The highest BCUT2D eigenvalue weighted by Crippen LogP contribution is 2.28. The standard InChI is InChI=1S/C13H12F3N5O3/c1-7-12(21(23)24)8(2)20(19-7)6-11(22)18-10-4-3-9(5-17-10)13(14,15)16/h3-5H,6H2,1-2H3,(H,17,18,22). The summed E-state index contributed by atoms with van der Waals surface area (Å²) in [5, 5.41) is 17.1. The summed E-state index contributed by atoms with van der Waals surface area (Å²) in [7, 11) is 0. The van der Waals surface area contributed by atoms with E-state index in [4.69, 9.17) is 0 Å². The van der Waals surface area contributed by atoms with E-state index in [0.717, 1.165) is 16.8 Å². The van der Waals surface area contributed by atoms with Crippen molar-refractivity contribution in [3.63, 3.8) is 0 Å². The number of alkyl halides is 3. The van der Waals surface area contributed by atoms with E-state index in [1.54, 1.807) is 0 Å². The summed E-state index contributed by atoms with van der Waals surface area (Å²) in [6, 6.07) is 1.81. The summed E-state index contributed by atoms with van der Waals surface area (Å²) in [4.78, 5) is 25.7. The van der Waals surface area contributed by atoms with Gasteiger partial charge in [-0.1, -0.05) is 0 Å². The van der Waals surface area contributed by atoms with Gasteiger partial charge in [0, 0.05) is 6.20 Å². The zero-order valence-corrected chi connectivity index (χ0v) is 12.6. The number of rotatable bonds is 4. The number of pyridine rings is 1. The molecule has 2 aromatic heterocycles. The summed E-state index contributed by atoms with van der Waals surface area (Å²) in [5.41, 5.74) is -0.754. The van der Waals surface area contributed by atoms with Crippen molar-refractivity contribution in [3.05, 3.63) is 45.4 Å². The van der Waals surface area contributed by atoms with E-state index in [9.17, 15) is 28.1 Å². The minimum atomic E-state index is -4.52. The van der Waals surface area contributed by atoms with E-state index in [-0.39, 0.29) is 29.4 Å². The number of amides is 1. The lowest BCUT2D eigenvalue weighted by atomic mass is 10.3. The molecule has 24 heavy (non-hydrogen) atoms. The number of aryl methyl sites for hydroxylation is 1.